The maximum atomic E-state index is 5.92. The summed E-state index contributed by atoms with van der Waals surface area (Å²) in [4.78, 5) is 8.88. The van der Waals surface area contributed by atoms with Crippen LogP contribution in [-0.4, -0.2) is 9.97 Å². The van der Waals surface area contributed by atoms with Crippen LogP contribution in [0.25, 0.3) is 21.8 Å². The van der Waals surface area contributed by atoms with Crippen LogP contribution in [0.15, 0.2) is 70.9 Å². The predicted octanol–water partition coefficient (Wildman–Crippen LogP) is 4.36. The van der Waals surface area contributed by atoms with E-state index in [1.54, 1.807) is 12.1 Å². The molecule has 0 amide bonds. The van der Waals surface area contributed by atoms with E-state index in [0.29, 0.717) is 23.0 Å². The lowest BCUT2D eigenvalue weighted by Gasteiger charge is -2.02. The summed E-state index contributed by atoms with van der Waals surface area (Å²) in [7, 11) is 0. The molecule has 116 valence electrons. The summed E-state index contributed by atoms with van der Waals surface area (Å²) in [6, 6.07) is 18.5. The number of rotatable bonds is 2. The average molecular weight is 314 g/mol. The fourth-order valence-corrected chi connectivity index (χ4v) is 2.55. The fraction of sp³-hybridized carbons (Fsp3) is 0. The van der Waals surface area contributed by atoms with E-state index in [4.69, 9.17) is 11.5 Å². The van der Waals surface area contributed by atoms with Gasteiger partial charge in [-0.05, 0) is 48.5 Å². The lowest BCUT2D eigenvalue weighted by atomic mass is 10.2. The molecule has 0 bridgehead atoms. The van der Waals surface area contributed by atoms with E-state index < -0.39 is 0 Å². The molecule has 2 aromatic heterocycles. The summed E-state index contributed by atoms with van der Waals surface area (Å²) in [6.07, 6.45) is 0. The highest BCUT2D eigenvalue weighted by Gasteiger charge is 2.02. The normalized spacial score (nSPS) is 11.5. The quantitative estimate of drug-likeness (QED) is 0.423. The molecule has 24 heavy (non-hydrogen) atoms. The zero-order valence-corrected chi connectivity index (χ0v) is 12.7. The van der Waals surface area contributed by atoms with Crippen LogP contribution in [0.4, 0.5) is 23.0 Å². The highest BCUT2D eigenvalue weighted by molar-refractivity contribution is 5.91. The van der Waals surface area contributed by atoms with Gasteiger partial charge in [-0.15, -0.1) is 10.2 Å². The number of hydrogen-bond acceptors (Lipinski definition) is 6. The maximum absolute atomic E-state index is 5.92. The summed E-state index contributed by atoms with van der Waals surface area (Å²) in [5.74, 6) is 1.00. The average Bonchev–Trinajstić information content (AvgIpc) is 2.60. The highest BCUT2D eigenvalue weighted by atomic mass is 15.2. The molecular formula is C18H14N6. The smallest absolute Gasteiger partial charge is 0.175 e. The second-order valence-electron chi connectivity index (χ2n) is 5.37. The Balaban J connectivity index is 1.70. The first-order chi connectivity index (χ1) is 11.7. The number of hydrogen-bond donors (Lipinski definition) is 2. The zero-order chi connectivity index (χ0) is 16.5. The van der Waals surface area contributed by atoms with Crippen LogP contribution in [0.3, 0.4) is 0 Å². The SMILES string of the molecule is Nc1cccc2nc(N=Nc3ccc4c(N)cccc4n3)ccc12. The van der Waals surface area contributed by atoms with Gasteiger partial charge >= 0.3 is 0 Å². The van der Waals surface area contributed by atoms with Gasteiger partial charge in [0.05, 0.1) is 11.0 Å². The van der Waals surface area contributed by atoms with Gasteiger partial charge in [-0.1, -0.05) is 12.1 Å². The van der Waals surface area contributed by atoms with E-state index in [1.807, 2.05) is 48.5 Å². The van der Waals surface area contributed by atoms with Crippen molar-refractivity contribution >= 4 is 44.8 Å². The van der Waals surface area contributed by atoms with E-state index in [0.717, 1.165) is 21.8 Å². The van der Waals surface area contributed by atoms with Crippen molar-refractivity contribution in [3.05, 3.63) is 60.7 Å². The Labute approximate surface area is 137 Å². The first-order valence-electron chi connectivity index (χ1n) is 7.43. The van der Waals surface area contributed by atoms with Crippen molar-refractivity contribution in [3.8, 4) is 0 Å². The minimum Gasteiger partial charge on any atom is -0.398 e. The van der Waals surface area contributed by atoms with Crippen molar-refractivity contribution in [2.24, 2.45) is 10.2 Å². The molecule has 4 N–H and O–H groups in total. The number of pyridine rings is 2. The Bertz CT molecular complexity index is 1000. The van der Waals surface area contributed by atoms with Crippen LogP contribution in [-0.2, 0) is 0 Å². The van der Waals surface area contributed by atoms with Gasteiger partial charge in [-0.25, -0.2) is 9.97 Å². The van der Waals surface area contributed by atoms with Crippen molar-refractivity contribution in [1.82, 2.24) is 9.97 Å². The first kappa shape index (κ1) is 14.1. The largest absolute Gasteiger partial charge is 0.398 e. The van der Waals surface area contributed by atoms with E-state index in [1.165, 1.54) is 0 Å². The van der Waals surface area contributed by atoms with Gasteiger partial charge in [0.25, 0.3) is 0 Å². The number of fused-ring (bicyclic) bond motifs is 2. The molecule has 0 radical (unpaired) electrons. The molecule has 6 heteroatoms. The summed E-state index contributed by atoms with van der Waals surface area (Å²) in [5, 5.41) is 10.1. The third-order valence-electron chi connectivity index (χ3n) is 3.76. The Morgan fingerprint density at radius 1 is 0.583 bits per heavy atom. The Kier molecular flexibility index (Phi) is 3.28. The molecule has 0 fully saturated rings. The van der Waals surface area contributed by atoms with E-state index >= 15 is 0 Å². The zero-order valence-electron chi connectivity index (χ0n) is 12.7. The van der Waals surface area contributed by atoms with Gasteiger partial charge in [-0.2, -0.15) is 0 Å². The minimum atomic E-state index is 0.502. The van der Waals surface area contributed by atoms with Gasteiger partial charge in [0.2, 0.25) is 0 Å². The fourth-order valence-electron chi connectivity index (χ4n) is 2.55. The van der Waals surface area contributed by atoms with Crippen LogP contribution in [0, 0.1) is 0 Å². The van der Waals surface area contributed by atoms with Crippen LogP contribution in [0.2, 0.25) is 0 Å². The Hall–Kier alpha value is -3.54. The van der Waals surface area contributed by atoms with E-state index in [9.17, 15) is 0 Å². The van der Waals surface area contributed by atoms with Gasteiger partial charge in [-0.3, -0.25) is 0 Å². The second-order valence-corrected chi connectivity index (χ2v) is 5.37. The molecule has 4 aromatic rings. The molecular weight excluding hydrogens is 300 g/mol. The molecule has 2 aromatic carbocycles. The van der Waals surface area contributed by atoms with Crippen LogP contribution < -0.4 is 11.5 Å². The molecule has 0 saturated carbocycles. The third kappa shape index (κ3) is 2.50. The molecule has 2 heterocycles. The summed E-state index contributed by atoms with van der Waals surface area (Å²) in [6.45, 7) is 0. The van der Waals surface area contributed by atoms with Gasteiger partial charge in [0.15, 0.2) is 11.6 Å². The van der Waals surface area contributed by atoms with E-state index in [-0.39, 0.29) is 0 Å². The van der Waals surface area contributed by atoms with Crippen LogP contribution >= 0.6 is 0 Å². The highest BCUT2D eigenvalue weighted by Crippen LogP contribution is 2.25. The topological polar surface area (TPSA) is 103 Å². The number of benzene rings is 2. The third-order valence-corrected chi connectivity index (χ3v) is 3.76. The summed E-state index contributed by atoms with van der Waals surface area (Å²) < 4.78 is 0. The lowest BCUT2D eigenvalue weighted by molar-refractivity contribution is 1.14. The van der Waals surface area contributed by atoms with Crippen molar-refractivity contribution in [2.75, 3.05) is 11.5 Å². The first-order valence-corrected chi connectivity index (χ1v) is 7.43. The van der Waals surface area contributed by atoms with Crippen LogP contribution in [0.1, 0.15) is 0 Å². The number of nitrogens with two attached hydrogens (primary N) is 2. The van der Waals surface area contributed by atoms with Crippen molar-refractivity contribution in [1.29, 1.82) is 0 Å². The second kappa shape index (κ2) is 5.58. The minimum absolute atomic E-state index is 0.502. The van der Waals surface area contributed by atoms with Gasteiger partial charge in [0, 0.05) is 22.1 Å². The number of nitrogen functional groups attached to an aromatic ring is 2. The number of anilines is 2. The molecule has 4 rings (SSSR count). The molecule has 6 nitrogen and oxygen atoms in total. The molecule has 0 unspecified atom stereocenters. The van der Waals surface area contributed by atoms with Gasteiger partial charge < -0.3 is 11.5 Å². The summed E-state index contributed by atoms with van der Waals surface area (Å²) >= 11 is 0. The molecule has 0 saturated heterocycles. The molecule has 0 atom stereocenters. The van der Waals surface area contributed by atoms with Crippen molar-refractivity contribution < 1.29 is 0 Å². The lowest BCUT2D eigenvalue weighted by Crippen LogP contribution is -1.88. The monoisotopic (exact) mass is 314 g/mol. The molecule has 0 aliphatic carbocycles. The van der Waals surface area contributed by atoms with Crippen molar-refractivity contribution in [3.63, 3.8) is 0 Å². The molecule has 0 aliphatic heterocycles. The predicted molar refractivity (Wildman–Crippen MR) is 96.5 cm³/mol. The number of aromatic nitrogens is 2. The Morgan fingerprint density at radius 2 is 1.04 bits per heavy atom. The Morgan fingerprint density at radius 3 is 1.50 bits per heavy atom. The number of nitrogens with zero attached hydrogens (tertiary/aromatic N) is 4. The number of azo groups is 1. The standard InChI is InChI=1S/C18H14N6/c19-13-3-1-5-15-11(13)7-9-17(21-15)23-24-18-10-8-12-14(20)4-2-6-16(12)22-18/h1-10H,19-20H2. The van der Waals surface area contributed by atoms with Gasteiger partial charge in [0.1, 0.15) is 0 Å². The maximum Gasteiger partial charge on any atom is 0.175 e. The van der Waals surface area contributed by atoms with Crippen molar-refractivity contribution in [2.45, 2.75) is 0 Å². The van der Waals surface area contributed by atoms with E-state index in [2.05, 4.69) is 20.2 Å². The summed E-state index contributed by atoms with van der Waals surface area (Å²) in [5.41, 5.74) is 14.8. The molecule has 0 spiro atoms. The molecule has 0 aliphatic rings. The van der Waals surface area contributed by atoms with Crippen LogP contribution in [0.5, 0.6) is 0 Å².